The van der Waals surface area contributed by atoms with Gasteiger partial charge in [0.05, 0.1) is 12.3 Å². The van der Waals surface area contributed by atoms with Crippen LogP contribution in [0.3, 0.4) is 0 Å². The maximum Gasteiger partial charge on any atom is 0.322 e. The van der Waals surface area contributed by atoms with Crippen molar-refractivity contribution in [2.24, 2.45) is 10.9 Å². The maximum absolute atomic E-state index is 12.5. The Kier molecular flexibility index (Phi) is 8.08. The van der Waals surface area contributed by atoms with E-state index in [0.29, 0.717) is 22.5 Å². The maximum atomic E-state index is 12.5. The van der Waals surface area contributed by atoms with Crippen molar-refractivity contribution in [3.05, 3.63) is 59.7 Å². The van der Waals surface area contributed by atoms with E-state index in [1.807, 2.05) is 0 Å². The van der Waals surface area contributed by atoms with Gasteiger partial charge in [-0.15, -0.1) is 0 Å². The molecule has 0 aliphatic heterocycles. The summed E-state index contributed by atoms with van der Waals surface area (Å²) in [6, 6.07) is 12.7. The van der Waals surface area contributed by atoms with Crippen molar-refractivity contribution in [1.82, 2.24) is 5.32 Å². The number of carbonyl (C=O) groups excluding carboxylic acids is 2. The number of hydrazone groups is 1. The number of nitrogens with one attached hydrogen (secondary N) is 3. The van der Waals surface area contributed by atoms with Crippen LogP contribution < -0.4 is 21.8 Å². The van der Waals surface area contributed by atoms with E-state index < -0.39 is 36.7 Å². The molecule has 2 aromatic rings. The van der Waals surface area contributed by atoms with Gasteiger partial charge in [-0.2, -0.15) is 5.10 Å². The predicted molar refractivity (Wildman–Crippen MR) is 113 cm³/mol. The first-order valence-corrected chi connectivity index (χ1v) is 9.01. The number of carboxylic acid groups (broad SMARTS) is 2. The summed E-state index contributed by atoms with van der Waals surface area (Å²) in [5, 5.41) is 28.7. The molecule has 1 unspecified atom stereocenters. The third-order valence-corrected chi connectivity index (χ3v) is 4.11. The first kappa shape index (κ1) is 22.9. The Morgan fingerprint density at radius 2 is 1.71 bits per heavy atom. The van der Waals surface area contributed by atoms with Crippen LogP contribution in [0.2, 0.25) is 0 Å². The molecule has 0 aromatic heterocycles. The molecule has 2 rings (SSSR count). The fraction of sp³-hybridized carbons (Fsp3) is 0.150. The molecule has 0 bridgehead atoms. The van der Waals surface area contributed by atoms with E-state index >= 15 is 0 Å². The zero-order valence-corrected chi connectivity index (χ0v) is 16.2. The van der Waals surface area contributed by atoms with E-state index in [9.17, 15) is 19.2 Å². The van der Waals surface area contributed by atoms with Crippen LogP contribution in [0, 0.1) is 0 Å². The number of benzene rings is 2. The van der Waals surface area contributed by atoms with E-state index in [4.69, 9.17) is 16.1 Å². The van der Waals surface area contributed by atoms with Crippen molar-refractivity contribution in [2.75, 3.05) is 17.2 Å². The van der Waals surface area contributed by atoms with E-state index in [1.165, 1.54) is 30.6 Å². The highest BCUT2D eigenvalue weighted by Gasteiger charge is 2.24. The monoisotopic (exact) mass is 427 g/mol. The van der Waals surface area contributed by atoms with Gasteiger partial charge in [-0.25, -0.2) is 0 Å². The van der Waals surface area contributed by atoms with E-state index in [2.05, 4.69) is 21.1 Å². The lowest BCUT2D eigenvalue weighted by atomic mass is 9.94. The first-order valence-electron chi connectivity index (χ1n) is 9.01. The standard InChI is InChI=1S/C20H21N5O6/c21-24-11-23-15-3-1-2-13(8-15)19(30)25-14-6-4-12(5-7-14)16(9-17(26)27)20(31)22-10-18(28)29/h1-8,11,16H,9-10,21H2,(H,22,31)(H,23,24)(H,25,30)(H,26,27)(H,28,29). The summed E-state index contributed by atoms with van der Waals surface area (Å²) in [4.78, 5) is 46.4. The number of nitrogens with two attached hydrogens (primary N) is 1. The van der Waals surface area contributed by atoms with Crippen molar-refractivity contribution in [2.45, 2.75) is 12.3 Å². The Morgan fingerprint density at radius 3 is 2.32 bits per heavy atom. The summed E-state index contributed by atoms with van der Waals surface area (Å²) in [5.41, 5.74) is 1.78. The number of carboxylic acids is 2. The van der Waals surface area contributed by atoms with Gasteiger partial charge >= 0.3 is 11.9 Å². The van der Waals surface area contributed by atoms with Gasteiger partial charge < -0.3 is 32.0 Å². The summed E-state index contributed by atoms with van der Waals surface area (Å²) in [5.74, 6) is 0.403. The minimum Gasteiger partial charge on any atom is -0.481 e. The van der Waals surface area contributed by atoms with Crippen LogP contribution in [0.4, 0.5) is 11.4 Å². The fourth-order valence-corrected chi connectivity index (χ4v) is 2.69. The molecule has 11 nitrogen and oxygen atoms in total. The second-order valence-corrected chi connectivity index (χ2v) is 6.34. The Labute approximate surface area is 176 Å². The SMILES string of the molecule is NN=CNc1cccc(C(=O)Nc2ccc(C(CC(=O)O)C(=O)NCC(=O)O)cc2)c1. The number of hydrogen-bond donors (Lipinski definition) is 6. The normalized spacial score (nSPS) is 11.5. The molecule has 0 saturated carbocycles. The van der Waals surface area contributed by atoms with Gasteiger partial charge in [-0.3, -0.25) is 19.2 Å². The van der Waals surface area contributed by atoms with E-state index in [-0.39, 0.29) is 5.91 Å². The van der Waals surface area contributed by atoms with Crippen LogP contribution >= 0.6 is 0 Å². The third kappa shape index (κ3) is 7.16. The van der Waals surface area contributed by atoms with Gasteiger partial charge in [0.2, 0.25) is 5.91 Å². The van der Waals surface area contributed by atoms with Crippen molar-refractivity contribution in [3.63, 3.8) is 0 Å². The molecule has 11 heteroatoms. The summed E-state index contributed by atoms with van der Waals surface area (Å²) in [7, 11) is 0. The lowest BCUT2D eigenvalue weighted by molar-refractivity contribution is -0.140. The number of amides is 2. The second-order valence-electron chi connectivity index (χ2n) is 6.34. The van der Waals surface area contributed by atoms with Crippen LogP contribution in [0.5, 0.6) is 0 Å². The third-order valence-electron chi connectivity index (χ3n) is 4.11. The quantitative estimate of drug-likeness (QED) is 0.140. The van der Waals surface area contributed by atoms with Crippen molar-refractivity contribution in [3.8, 4) is 0 Å². The highest BCUT2D eigenvalue weighted by Crippen LogP contribution is 2.23. The molecule has 31 heavy (non-hydrogen) atoms. The minimum absolute atomic E-state index is 0.371. The van der Waals surface area contributed by atoms with Gasteiger partial charge in [-0.1, -0.05) is 18.2 Å². The lowest BCUT2D eigenvalue weighted by Crippen LogP contribution is -2.34. The number of carbonyl (C=O) groups is 4. The average Bonchev–Trinajstić information content (AvgIpc) is 2.75. The predicted octanol–water partition coefficient (Wildman–Crippen LogP) is 1.01. The van der Waals surface area contributed by atoms with Crippen LogP contribution in [0.25, 0.3) is 0 Å². The van der Waals surface area contributed by atoms with Crippen LogP contribution in [0.1, 0.15) is 28.3 Å². The topological polar surface area (TPSA) is 183 Å². The molecule has 1 atom stereocenters. The minimum atomic E-state index is -1.24. The molecule has 2 aromatic carbocycles. The smallest absolute Gasteiger partial charge is 0.322 e. The van der Waals surface area contributed by atoms with Crippen molar-refractivity contribution in [1.29, 1.82) is 0 Å². The van der Waals surface area contributed by atoms with Crippen LogP contribution in [-0.4, -0.2) is 46.8 Å². The molecule has 0 heterocycles. The fourth-order valence-electron chi connectivity index (χ4n) is 2.69. The summed E-state index contributed by atoms with van der Waals surface area (Å²) in [6.45, 7) is -0.617. The summed E-state index contributed by atoms with van der Waals surface area (Å²) >= 11 is 0. The van der Waals surface area contributed by atoms with E-state index in [0.717, 1.165) is 0 Å². The van der Waals surface area contributed by atoms with Crippen molar-refractivity contribution >= 4 is 41.5 Å². The zero-order valence-electron chi connectivity index (χ0n) is 16.2. The summed E-state index contributed by atoms with van der Waals surface area (Å²) < 4.78 is 0. The Hall–Kier alpha value is -4.41. The highest BCUT2D eigenvalue weighted by molar-refractivity contribution is 6.05. The lowest BCUT2D eigenvalue weighted by Gasteiger charge is -2.15. The number of rotatable bonds is 10. The van der Waals surface area contributed by atoms with Gasteiger partial charge in [-0.05, 0) is 35.9 Å². The highest BCUT2D eigenvalue weighted by atomic mass is 16.4. The molecular weight excluding hydrogens is 406 g/mol. The molecule has 0 saturated heterocycles. The molecule has 7 N–H and O–H groups in total. The first-order chi connectivity index (χ1) is 14.8. The Morgan fingerprint density at radius 1 is 1.00 bits per heavy atom. The second kappa shape index (κ2) is 11.0. The Bertz CT molecular complexity index is 990. The van der Waals surface area contributed by atoms with Crippen molar-refractivity contribution < 1.29 is 29.4 Å². The molecule has 2 amide bonds. The molecule has 0 fully saturated rings. The Balaban J connectivity index is 2.11. The number of nitrogens with zero attached hydrogens (tertiary/aromatic N) is 1. The number of anilines is 2. The van der Waals surface area contributed by atoms with Crippen LogP contribution in [0.15, 0.2) is 53.6 Å². The summed E-state index contributed by atoms with van der Waals surface area (Å²) in [6.07, 6.45) is 0.763. The zero-order chi connectivity index (χ0) is 22.8. The molecule has 0 spiro atoms. The average molecular weight is 427 g/mol. The largest absolute Gasteiger partial charge is 0.481 e. The van der Waals surface area contributed by atoms with Gasteiger partial charge in [0.25, 0.3) is 5.91 Å². The van der Waals surface area contributed by atoms with Gasteiger partial charge in [0.1, 0.15) is 12.9 Å². The molecule has 0 aliphatic rings. The molecule has 162 valence electrons. The molecule has 0 aliphatic carbocycles. The number of hydrogen-bond acceptors (Lipinski definition) is 6. The molecular formula is C20H21N5O6. The van der Waals surface area contributed by atoms with Crippen LogP contribution in [-0.2, 0) is 14.4 Å². The van der Waals surface area contributed by atoms with Gasteiger partial charge in [0, 0.05) is 16.9 Å². The number of aliphatic carboxylic acids is 2. The van der Waals surface area contributed by atoms with E-state index in [1.54, 1.807) is 24.3 Å². The molecule has 0 radical (unpaired) electrons. The van der Waals surface area contributed by atoms with Gasteiger partial charge in [0.15, 0.2) is 0 Å².